The van der Waals surface area contributed by atoms with Crippen molar-refractivity contribution >= 4 is 5.91 Å². The highest BCUT2D eigenvalue weighted by Gasteiger charge is 2.19. The topological polar surface area (TPSA) is 59.6 Å². The zero-order valence-corrected chi connectivity index (χ0v) is 9.95. The minimum Gasteiger partial charge on any atom is -0.497 e. The molecule has 17 heavy (non-hydrogen) atoms. The van der Waals surface area contributed by atoms with Crippen LogP contribution in [0.4, 0.5) is 0 Å². The van der Waals surface area contributed by atoms with E-state index in [0.717, 1.165) is 17.1 Å². The minimum atomic E-state index is 0.0242. The first-order valence-electron chi connectivity index (χ1n) is 5.46. The molecule has 0 aliphatic carbocycles. The Morgan fingerprint density at radius 3 is 2.29 bits per heavy atom. The average molecular weight is 236 g/mol. The van der Waals surface area contributed by atoms with Crippen LogP contribution >= 0.6 is 0 Å². The van der Waals surface area contributed by atoms with E-state index in [1.807, 2.05) is 18.2 Å². The number of amides is 1. The number of hydrogen-bond acceptors (Lipinski definition) is 4. The predicted molar refractivity (Wildman–Crippen MR) is 63.3 cm³/mol. The molecule has 5 nitrogen and oxygen atoms in total. The highest BCUT2D eigenvalue weighted by molar-refractivity contribution is 5.79. The highest BCUT2D eigenvalue weighted by Crippen LogP contribution is 2.26. The van der Waals surface area contributed by atoms with Crippen LogP contribution in [0, 0.1) is 0 Å². The van der Waals surface area contributed by atoms with Crippen molar-refractivity contribution in [1.29, 1.82) is 0 Å². The van der Waals surface area contributed by atoms with Gasteiger partial charge in [-0.05, 0) is 17.7 Å². The van der Waals surface area contributed by atoms with Crippen molar-refractivity contribution < 1.29 is 14.3 Å². The molecule has 5 heteroatoms. The summed E-state index contributed by atoms with van der Waals surface area (Å²) in [5, 5.41) is 5.99. The molecule has 0 aromatic heterocycles. The van der Waals surface area contributed by atoms with Gasteiger partial charge in [0.1, 0.15) is 11.5 Å². The summed E-state index contributed by atoms with van der Waals surface area (Å²) in [4.78, 5) is 11.1. The van der Waals surface area contributed by atoms with Crippen LogP contribution in [0.15, 0.2) is 18.2 Å². The van der Waals surface area contributed by atoms with E-state index in [9.17, 15) is 4.79 Å². The van der Waals surface area contributed by atoms with Crippen LogP contribution in [-0.2, 0) is 4.79 Å². The van der Waals surface area contributed by atoms with Crippen molar-refractivity contribution in [3.8, 4) is 11.5 Å². The number of nitrogens with one attached hydrogen (secondary N) is 2. The second-order valence-corrected chi connectivity index (χ2v) is 3.88. The van der Waals surface area contributed by atoms with Crippen LogP contribution in [0.1, 0.15) is 11.6 Å². The van der Waals surface area contributed by atoms with E-state index in [2.05, 4.69) is 10.6 Å². The summed E-state index contributed by atoms with van der Waals surface area (Å²) in [7, 11) is 3.24. The number of carbonyl (C=O) groups is 1. The van der Waals surface area contributed by atoms with Gasteiger partial charge in [0.25, 0.3) is 0 Å². The van der Waals surface area contributed by atoms with Crippen molar-refractivity contribution in [2.75, 3.05) is 27.3 Å². The summed E-state index contributed by atoms with van der Waals surface area (Å²) in [5.41, 5.74) is 1.04. The van der Waals surface area contributed by atoms with E-state index in [0.29, 0.717) is 13.1 Å². The molecule has 1 aliphatic heterocycles. The highest BCUT2D eigenvalue weighted by atomic mass is 16.5. The Hall–Kier alpha value is -1.75. The van der Waals surface area contributed by atoms with Gasteiger partial charge in [-0.15, -0.1) is 0 Å². The third kappa shape index (κ3) is 2.68. The normalized spacial score (nSPS) is 19.6. The van der Waals surface area contributed by atoms with Crippen molar-refractivity contribution in [3.63, 3.8) is 0 Å². The van der Waals surface area contributed by atoms with Crippen LogP contribution in [-0.4, -0.2) is 33.2 Å². The number of ether oxygens (including phenoxy) is 2. The lowest BCUT2D eigenvalue weighted by atomic mass is 10.0. The van der Waals surface area contributed by atoms with Crippen LogP contribution in [0.25, 0.3) is 0 Å². The van der Waals surface area contributed by atoms with Crippen LogP contribution in [0.5, 0.6) is 11.5 Å². The standard InChI is InChI=1S/C12H16N2O3/c1-16-9-3-8(4-10(5-9)17-2)11-6-14-12(15)7-13-11/h3-5,11,13H,6-7H2,1-2H3,(H,14,15). The fourth-order valence-corrected chi connectivity index (χ4v) is 1.83. The van der Waals surface area contributed by atoms with E-state index in [4.69, 9.17) is 9.47 Å². The smallest absolute Gasteiger partial charge is 0.234 e. The lowest BCUT2D eigenvalue weighted by Gasteiger charge is -2.25. The lowest BCUT2D eigenvalue weighted by Crippen LogP contribution is -2.46. The van der Waals surface area contributed by atoms with Gasteiger partial charge in [0.15, 0.2) is 0 Å². The zero-order chi connectivity index (χ0) is 12.3. The van der Waals surface area contributed by atoms with E-state index in [1.165, 1.54) is 0 Å². The largest absolute Gasteiger partial charge is 0.497 e. The number of methoxy groups -OCH3 is 2. The van der Waals surface area contributed by atoms with Gasteiger partial charge in [-0.25, -0.2) is 0 Å². The fraction of sp³-hybridized carbons (Fsp3) is 0.417. The SMILES string of the molecule is COc1cc(OC)cc(C2CNC(=O)CN2)c1. The number of rotatable bonds is 3. The van der Waals surface area contributed by atoms with Crippen molar-refractivity contribution in [3.05, 3.63) is 23.8 Å². The van der Waals surface area contributed by atoms with Gasteiger partial charge in [0, 0.05) is 12.6 Å². The first-order chi connectivity index (χ1) is 8.22. The fourth-order valence-electron chi connectivity index (χ4n) is 1.83. The molecule has 1 atom stereocenters. The Morgan fingerprint density at radius 1 is 1.18 bits per heavy atom. The van der Waals surface area contributed by atoms with Crippen molar-refractivity contribution in [2.45, 2.75) is 6.04 Å². The molecule has 1 unspecified atom stereocenters. The van der Waals surface area contributed by atoms with Gasteiger partial charge in [0.2, 0.25) is 5.91 Å². The molecule has 0 bridgehead atoms. The maximum atomic E-state index is 11.1. The third-order valence-corrected chi connectivity index (χ3v) is 2.79. The molecule has 2 N–H and O–H groups in total. The average Bonchev–Trinajstić information content (AvgIpc) is 2.39. The maximum Gasteiger partial charge on any atom is 0.234 e. The number of benzene rings is 1. The molecule has 2 rings (SSSR count). The molecule has 1 aromatic carbocycles. The molecule has 1 saturated heterocycles. The van der Waals surface area contributed by atoms with Crippen LogP contribution in [0.3, 0.4) is 0 Å². The van der Waals surface area contributed by atoms with Gasteiger partial charge in [-0.2, -0.15) is 0 Å². The lowest BCUT2D eigenvalue weighted by molar-refractivity contribution is -0.121. The molecule has 92 valence electrons. The number of piperazine rings is 1. The summed E-state index contributed by atoms with van der Waals surface area (Å²) in [6, 6.07) is 5.80. The Labute approximate surface area is 100 Å². The molecule has 1 heterocycles. The Kier molecular flexibility index (Phi) is 3.49. The monoisotopic (exact) mass is 236 g/mol. The van der Waals surface area contributed by atoms with Gasteiger partial charge in [0.05, 0.1) is 26.8 Å². The molecule has 0 radical (unpaired) electrons. The number of hydrogen-bond donors (Lipinski definition) is 2. The molecule has 1 aromatic rings. The number of carbonyl (C=O) groups excluding carboxylic acids is 1. The summed E-state index contributed by atoms with van der Waals surface area (Å²) in [6.07, 6.45) is 0. The predicted octanol–water partition coefficient (Wildman–Crippen LogP) is 0.464. The van der Waals surface area contributed by atoms with E-state index >= 15 is 0 Å². The van der Waals surface area contributed by atoms with Gasteiger partial charge >= 0.3 is 0 Å². The summed E-state index contributed by atoms with van der Waals surface area (Å²) >= 11 is 0. The van der Waals surface area contributed by atoms with Crippen molar-refractivity contribution in [1.82, 2.24) is 10.6 Å². The zero-order valence-electron chi connectivity index (χ0n) is 9.95. The van der Waals surface area contributed by atoms with Gasteiger partial charge < -0.3 is 14.8 Å². The van der Waals surface area contributed by atoms with E-state index in [1.54, 1.807) is 14.2 Å². The first kappa shape index (κ1) is 11.7. The molecule has 0 spiro atoms. The Balaban J connectivity index is 2.22. The first-order valence-corrected chi connectivity index (χ1v) is 5.46. The molecular formula is C12H16N2O3. The summed E-state index contributed by atoms with van der Waals surface area (Å²) < 4.78 is 10.4. The van der Waals surface area contributed by atoms with Gasteiger partial charge in [-0.1, -0.05) is 0 Å². The molecular weight excluding hydrogens is 220 g/mol. The maximum absolute atomic E-state index is 11.1. The van der Waals surface area contributed by atoms with E-state index < -0.39 is 0 Å². The third-order valence-electron chi connectivity index (χ3n) is 2.79. The molecule has 0 saturated carbocycles. The summed E-state index contributed by atoms with van der Waals surface area (Å²) in [5.74, 6) is 1.52. The minimum absolute atomic E-state index is 0.0242. The summed E-state index contributed by atoms with van der Waals surface area (Å²) in [6.45, 7) is 0.916. The van der Waals surface area contributed by atoms with E-state index in [-0.39, 0.29) is 11.9 Å². The van der Waals surface area contributed by atoms with Gasteiger partial charge in [-0.3, -0.25) is 10.1 Å². The van der Waals surface area contributed by atoms with Crippen LogP contribution < -0.4 is 20.1 Å². The Morgan fingerprint density at radius 2 is 1.82 bits per heavy atom. The molecule has 1 aliphatic rings. The van der Waals surface area contributed by atoms with Crippen molar-refractivity contribution in [2.24, 2.45) is 0 Å². The van der Waals surface area contributed by atoms with Crippen LogP contribution in [0.2, 0.25) is 0 Å². The second kappa shape index (κ2) is 5.05. The Bertz CT molecular complexity index is 388. The molecule has 1 amide bonds. The second-order valence-electron chi connectivity index (χ2n) is 3.88. The molecule has 1 fully saturated rings. The quantitative estimate of drug-likeness (QED) is 0.800.